The van der Waals surface area contributed by atoms with Crippen LogP contribution in [0.3, 0.4) is 0 Å². The number of anilines is 1. The Balaban J connectivity index is 2.26. The highest BCUT2D eigenvalue weighted by Gasteiger charge is 2.15. The van der Waals surface area contributed by atoms with Gasteiger partial charge in [0.25, 0.3) is 5.91 Å². The summed E-state index contributed by atoms with van der Waals surface area (Å²) in [5.74, 6) is -1.35. The van der Waals surface area contributed by atoms with Gasteiger partial charge in [-0.2, -0.15) is 0 Å². The van der Waals surface area contributed by atoms with Gasteiger partial charge in [-0.25, -0.2) is 4.39 Å². The maximum atomic E-state index is 13.7. The van der Waals surface area contributed by atoms with Gasteiger partial charge in [-0.1, -0.05) is 29.3 Å². The van der Waals surface area contributed by atoms with E-state index in [4.69, 9.17) is 28.3 Å². The highest BCUT2D eigenvalue weighted by Crippen LogP contribution is 2.26. The first-order valence-electron chi connectivity index (χ1n) is 5.44. The molecule has 0 spiro atoms. The third-order valence-corrected chi connectivity index (χ3v) is 3.73. The molecule has 0 atom stereocenters. The summed E-state index contributed by atoms with van der Waals surface area (Å²) in [6.07, 6.45) is 0. The van der Waals surface area contributed by atoms with Crippen molar-refractivity contribution in [2.45, 2.75) is 4.90 Å². The standard InChI is InChI=1S/C13H9Cl2FN2OS/c14-10-5-9(12(16)6-11(10)15)13(19)18-7-2-1-3-8(4-7)20-17/h1-6H,17H2,(H,18,19). The summed E-state index contributed by atoms with van der Waals surface area (Å²) in [7, 11) is 0. The quantitative estimate of drug-likeness (QED) is 0.649. The number of rotatable bonds is 3. The van der Waals surface area contributed by atoms with Crippen LogP contribution in [0.25, 0.3) is 0 Å². The predicted molar refractivity (Wildman–Crippen MR) is 80.9 cm³/mol. The fourth-order valence-corrected chi connectivity index (χ4v) is 2.21. The average molecular weight is 331 g/mol. The number of benzene rings is 2. The van der Waals surface area contributed by atoms with E-state index in [1.807, 2.05) is 0 Å². The zero-order valence-corrected chi connectivity index (χ0v) is 12.3. The van der Waals surface area contributed by atoms with Gasteiger partial charge in [-0.3, -0.25) is 9.93 Å². The van der Waals surface area contributed by atoms with Crippen LogP contribution in [0.15, 0.2) is 41.3 Å². The molecule has 7 heteroatoms. The summed E-state index contributed by atoms with van der Waals surface area (Å²) in [5.41, 5.74) is 0.334. The lowest BCUT2D eigenvalue weighted by molar-refractivity contribution is 0.102. The molecule has 0 bridgehead atoms. The van der Waals surface area contributed by atoms with Gasteiger partial charge in [-0.15, -0.1) is 0 Å². The topological polar surface area (TPSA) is 55.1 Å². The minimum absolute atomic E-state index is 0.0576. The molecule has 0 fully saturated rings. The van der Waals surface area contributed by atoms with Crippen LogP contribution in [0.2, 0.25) is 10.0 Å². The third-order valence-electron chi connectivity index (χ3n) is 2.48. The van der Waals surface area contributed by atoms with E-state index < -0.39 is 11.7 Å². The number of hydrogen-bond acceptors (Lipinski definition) is 3. The molecule has 2 aromatic carbocycles. The van der Waals surface area contributed by atoms with E-state index in [9.17, 15) is 9.18 Å². The van der Waals surface area contributed by atoms with Crippen molar-refractivity contribution in [3.63, 3.8) is 0 Å². The van der Waals surface area contributed by atoms with Gasteiger partial charge in [0.1, 0.15) is 5.82 Å². The van der Waals surface area contributed by atoms with Crippen LogP contribution in [0, 0.1) is 5.82 Å². The molecule has 0 aliphatic rings. The molecule has 0 aromatic heterocycles. The molecule has 0 heterocycles. The van der Waals surface area contributed by atoms with Crippen molar-refractivity contribution in [3.05, 3.63) is 57.8 Å². The van der Waals surface area contributed by atoms with Crippen LogP contribution < -0.4 is 10.5 Å². The van der Waals surface area contributed by atoms with Crippen molar-refractivity contribution in [1.29, 1.82) is 0 Å². The maximum Gasteiger partial charge on any atom is 0.258 e. The first-order chi connectivity index (χ1) is 9.51. The molecule has 20 heavy (non-hydrogen) atoms. The normalized spacial score (nSPS) is 10.4. The van der Waals surface area contributed by atoms with E-state index >= 15 is 0 Å². The Hall–Kier alpha value is -1.27. The van der Waals surface area contributed by atoms with Crippen LogP contribution in [0.1, 0.15) is 10.4 Å². The smallest absolute Gasteiger partial charge is 0.258 e. The first kappa shape index (κ1) is 15.1. The Kier molecular flexibility index (Phi) is 4.88. The summed E-state index contributed by atoms with van der Waals surface area (Å²) in [4.78, 5) is 12.8. The van der Waals surface area contributed by atoms with Crippen molar-refractivity contribution in [2.75, 3.05) is 5.32 Å². The number of carbonyl (C=O) groups excluding carboxylic acids is 1. The molecule has 3 N–H and O–H groups in total. The van der Waals surface area contributed by atoms with Crippen LogP contribution in [-0.4, -0.2) is 5.91 Å². The fourth-order valence-electron chi connectivity index (χ4n) is 1.54. The number of hydrogen-bond donors (Lipinski definition) is 2. The molecule has 2 aromatic rings. The zero-order chi connectivity index (χ0) is 14.7. The van der Waals surface area contributed by atoms with Gasteiger partial charge in [0, 0.05) is 10.6 Å². The van der Waals surface area contributed by atoms with Crippen LogP contribution in [0.4, 0.5) is 10.1 Å². The molecule has 1 amide bonds. The second-order valence-electron chi connectivity index (χ2n) is 3.85. The van der Waals surface area contributed by atoms with Gasteiger partial charge in [0.05, 0.1) is 15.6 Å². The monoisotopic (exact) mass is 330 g/mol. The van der Waals surface area contributed by atoms with E-state index in [2.05, 4.69) is 5.32 Å². The lowest BCUT2D eigenvalue weighted by Crippen LogP contribution is -2.13. The minimum Gasteiger partial charge on any atom is -0.322 e. The maximum absolute atomic E-state index is 13.7. The molecular formula is C13H9Cl2FN2OS. The summed E-state index contributed by atoms with van der Waals surface area (Å²) in [6.45, 7) is 0. The van der Waals surface area contributed by atoms with Crippen molar-refractivity contribution in [2.24, 2.45) is 5.14 Å². The molecule has 104 valence electrons. The summed E-state index contributed by atoms with van der Waals surface area (Å²) in [5, 5.41) is 8.18. The number of nitrogens with one attached hydrogen (secondary N) is 1. The van der Waals surface area contributed by atoms with Crippen molar-refractivity contribution < 1.29 is 9.18 Å². The summed E-state index contributed by atoms with van der Waals surface area (Å²) >= 11 is 12.5. The second kappa shape index (κ2) is 6.45. The van der Waals surface area contributed by atoms with Gasteiger partial charge in [0.15, 0.2) is 0 Å². The lowest BCUT2D eigenvalue weighted by atomic mass is 10.2. The highest BCUT2D eigenvalue weighted by atomic mass is 35.5. The largest absolute Gasteiger partial charge is 0.322 e. The molecule has 3 nitrogen and oxygen atoms in total. The van der Waals surface area contributed by atoms with Crippen molar-refractivity contribution >= 4 is 46.7 Å². The highest BCUT2D eigenvalue weighted by molar-refractivity contribution is 7.97. The van der Waals surface area contributed by atoms with E-state index in [-0.39, 0.29) is 15.6 Å². The molecule has 0 saturated carbocycles. The summed E-state index contributed by atoms with van der Waals surface area (Å²) in [6, 6.07) is 9.07. The first-order valence-corrected chi connectivity index (χ1v) is 7.07. The molecular weight excluding hydrogens is 322 g/mol. The van der Waals surface area contributed by atoms with Gasteiger partial charge in [-0.05, 0) is 42.3 Å². The van der Waals surface area contributed by atoms with Crippen LogP contribution in [0.5, 0.6) is 0 Å². The van der Waals surface area contributed by atoms with Gasteiger partial charge >= 0.3 is 0 Å². The number of halogens is 3. The fraction of sp³-hybridized carbons (Fsp3) is 0. The Morgan fingerprint density at radius 3 is 2.60 bits per heavy atom. The molecule has 0 saturated heterocycles. The lowest BCUT2D eigenvalue weighted by Gasteiger charge is -2.08. The molecule has 0 unspecified atom stereocenters. The Morgan fingerprint density at radius 2 is 1.90 bits per heavy atom. The number of nitrogens with two attached hydrogens (primary N) is 1. The van der Waals surface area contributed by atoms with E-state index in [0.29, 0.717) is 5.69 Å². The van der Waals surface area contributed by atoms with Crippen molar-refractivity contribution in [1.82, 2.24) is 0 Å². The zero-order valence-electron chi connectivity index (χ0n) is 9.99. The molecule has 2 rings (SSSR count). The summed E-state index contributed by atoms with van der Waals surface area (Å²) < 4.78 is 13.7. The Bertz CT molecular complexity index is 667. The Labute approximate surface area is 129 Å². The van der Waals surface area contributed by atoms with Crippen LogP contribution >= 0.6 is 35.1 Å². The van der Waals surface area contributed by atoms with Gasteiger partial charge < -0.3 is 5.32 Å². The van der Waals surface area contributed by atoms with Crippen LogP contribution in [-0.2, 0) is 0 Å². The second-order valence-corrected chi connectivity index (χ2v) is 5.37. The van der Waals surface area contributed by atoms with E-state index in [1.54, 1.807) is 24.3 Å². The SMILES string of the molecule is NSc1cccc(NC(=O)c2cc(Cl)c(Cl)cc2F)c1. The Morgan fingerprint density at radius 1 is 1.20 bits per heavy atom. The van der Waals surface area contributed by atoms with Crippen molar-refractivity contribution in [3.8, 4) is 0 Å². The number of amides is 1. The number of carbonyl (C=O) groups is 1. The average Bonchev–Trinajstić information content (AvgIpc) is 2.43. The van der Waals surface area contributed by atoms with E-state index in [1.165, 1.54) is 6.07 Å². The van der Waals surface area contributed by atoms with Gasteiger partial charge in [0.2, 0.25) is 0 Å². The predicted octanol–water partition coefficient (Wildman–Crippen LogP) is 4.35. The molecule has 0 aliphatic carbocycles. The third kappa shape index (κ3) is 3.43. The molecule has 0 aliphatic heterocycles. The molecule has 0 radical (unpaired) electrons. The van der Waals surface area contributed by atoms with E-state index in [0.717, 1.165) is 22.9 Å². The minimum atomic E-state index is -0.735.